The van der Waals surface area contributed by atoms with Gasteiger partial charge in [0, 0.05) is 0 Å². The second kappa shape index (κ2) is 11.4. The Bertz CT molecular complexity index is 860. The highest BCUT2D eigenvalue weighted by Gasteiger charge is 2.46. The van der Waals surface area contributed by atoms with Crippen LogP contribution in [0.2, 0.25) is 0 Å². The monoisotopic (exact) mass is 416 g/mol. The Morgan fingerprint density at radius 1 is 0.484 bits per heavy atom. The van der Waals surface area contributed by atoms with Crippen molar-refractivity contribution in [1.29, 1.82) is 0 Å². The summed E-state index contributed by atoms with van der Waals surface area (Å²) in [6.45, 7) is -2.05. The second-order valence-electron chi connectivity index (χ2n) is 6.71. The number of ether oxygens (including phenoxy) is 3. The summed E-state index contributed by atoms with van der Waals surface area (Å²) in [6, 6.07) is 26.9. The molecule has 0 saturated heterocycles. The fourth-order valence-corrected chi connectivity index (χ4v) is 2.72. The number of hydrogen-bond acceptors (Lipinski definition) is 6. The van der Waals surface area contributed by atoms with Crippen molar-refractivity contribution in [3.8, 4) is 0 Å². The average Bonchev–Trinajstić information content (AvgIpc) is 2.82. The molecule has 0 unspecified atom stereocenters. The van der Waals surface area contributed by atoms with E-state index in [-0.39, 0.29) is 19.8 Å². The number of carbonyl (C=O) groups is 3. The Hall–Kier alpha value is -3.87. The summed E-state index contributed by atoms with van der Waals surface area (Å²) < 4.78 is 15.6. The van der Waals surface area contributed by atoms with Gasteiger partial charge in [-0.15, -0.1) is 0 Å². The first-order chi connectivity index (χ1) is 15.1. The lowest BCUT2D eigenvalue weighted by atomic mass is 9.49. The molecule has 31 heavy (non-hydrogen) atoms. The summed E-state index contributed by atoms with van der Waals surface area (Å²) in [5, 5.41) is 0. The van der Waals surface area contributed by atoms with Gasteiger partial charge in [-0.1, -0.05) is 91.0 Å². The molecule has 0 fully saturated rings. The zero-order valence-corrected chi connectivity index (χ0v) is 16.8. The second-order valence-corrected chi connectivity index (χ2v) is 6.71. The van der Waals surface area contributed by atoms with Crippen LogP contribution in [0.15, 0.2) is 91.0 Å². The third kappa shape index (κ3) is 6.85. The Morgan fingerprint density at radius 3 is 1.00 bits per heavy atom. The van der Waals surface area contributed by atoms with Crippen molar-refractivity contribution >= 4 is 24.3 Å². The molecule has 0 aliphatic rings. The van der Waals surface area contributed by atoms with E-state index >= 15 is 0 Å². The molecule has 0 aliphatic heterocycles. The molecule has 0 radical (unpaired) electrons. The lowest BCUT2D eigenvalue weighted by Gasteiger charge is -2.13. The summed E-state index contributed by atoms with van der Waals surface area (Å²) in [5.41, 5.74) is 2.18. The van der Waals surface area contributed by atoms with E-state index < -0.39 is 24.3 Å². The van der Waals surface area contributed by atoms with Crippen LogP contribution in [-0.4, -0.2) is 24.3 Å². The van der Waals surface area contributed by atoms with Gasteiger partial charge in [-0.25, -0.2) is 0 Å². The van der Waals surface area contributed by atoms with Gasteiger partial charge in [-0.3, -0.25) is 14.4 Å². The molecular formula is C24H21BO6. The van der Waals surface area contributed by atoms with E-state index in [0.717, 1.165) is 16.7 Å². The molecule has 3 rings (SSSR count). The van der Waals surface area contributed by atoms with Crippen LogP contribution in [-0.2, 0) is 34.0 Å². The van der Waals surface area contributed by atoms with Crippen molar-refractivity contribution in [2.24, 2.45) is 0 Å². The van der Waals surface area contributed by atoms with E-state index in [9.17, 15) is 14.4 Å². The van der Waals surface area contributed by atoms with E-state index in [1.165, 1.54) is 0 Å². The Balaban J connectivity index is 1.66. The van der Waals surface area contributed by atoms with Crippen molar-refractivity contribution < 1.29 is 28.6 Å². The first-order valence-electron chi connectivity index (χ1n) is 9.75. The zero-order chi connectivity index (χ0) is 21.9. The van der Waals surface area contributed by atoms with Crippen molar-refractivity contribution in [2.75, 3.05) is 0 Å². The molecule has 0 amide bonds. The Labute approximate surface area is 180 Å². The molecule has 3 aromatic carbocycles. The van der Waals surface area contributed by atoms with Crippen molar-refractivity contribution in [2.45, 2.75) is 19.8 Å². The van der Waals surface area contributed by atoms with Crippen LogP contribution in [0.3, 0.4) is 0 Å². The number of carbonyl (C=O) groups excluding carboxylic acids is 3. The summed E-state index contributed by atoms with van der Waals surface area (Å²) in [7, 11) is 0. The maximum atomic E-state index is 12.6. The molecule has 0 aromatic heterocycles. The highest BCUT2D eigenvalue weighted by Crippen LogP contribution is 2.10. The summed E-state index contributed by atoms with van der Waals surface area (Å²) >= 11 is 0. The van der Waals surface area contributed by atoms with Gasteiger partial charge in [0.05, 0.1) is 0 Å². The molecule has 0 spiro atoms. The molecule has 0 N–H and O–H groups in total. The molecule has 0 bridgehead atoms. The van der Waals surface area contributed by atoms with Crippen LogP contribution in [0.1, 0.15) is 16.7 Å². The van der Waals surface area contributed by atoms with Gasteiger partial charge in [0.25, 0.3) is 17.6 Å². The lowest BCUT2D eigenvalue weighted by Crippen LogP contribution is -2.44. The van der Waals surface area contributed by atoms with Crippen molar-refractivity contribution in [3.63, 3.8) is 0 Å². The van der Waals surface area contributed by atoms with Gasteiger partial charge in [-0.2, -0.15) is 0 Å². The molecule has 0 saturated carbocycles. The SMILES string of the molecule is O=C(OCc1ccccc1)B(C(=O)OCc1ccccc1)C(=O)OCc1ccccc1. The fraction of sp³-hybridized carbons (Fsp3) is 0.125. The molecular weight excluding hydrogens is 395 g/mol. The number of rotatable bonds is 9. The minimum Gasteiger partial charge on any atom is -0.468 e. The number of benzene rings is 3. The highest BCUT2D eigenvalue weighted by atomic mass is 16.6. The molecule has 6 nitrogen and oxygen atoms in total. The van der Waals surface area contributed by atoms with E-state index in [0.29, 0.717) is 0 Å². The van der Waals surface area contributed by atoms with Crippen LogP contribution in [0.4, 0.5) is 14.4 Å². The summed E-state index contributed by atoms with van der Waals surface area (Å²) in [6.07, 6.45) is 0. The smallest absolute Gasteiger partial charge is 0.468 e. The van der Waals surface area contributed by atoms with Gasteiger partial charge >= 0.3 is 6.71 Å². The maximum absolute atomic E-state index is 12.6. The van der Waals surface area contributed by atoms with E-state index in [1.807, 2.05) is 18.2 Å². The van der Waals surface area contributed by atoms with Gasteiger partial charge in [0.1, 0.15) is 19.8 Å². The molecule has 0 heterocycles. The van der Waals surface area contributed by atoms with E-state index in [4.69, 9.17) is 14.2 Å². The highest BCUT2D eigenvalue weighted by molar-refractivity contribution is 7.25. The lowest BCUT2D eigenvalue weighted by molar-refractivity contribution is 0.148. The fourth-order valence-electron chi connectivity index (χ4n) is 2.72. The minimum absolute atomic E-state index is 0.0753. The van der Waals surface area contributed by atoms with Gasteiger partial charge in [-0.05, 0) is 16.7 Å². The Kier molecular flexibility index (Phi) is 8.00. The van der Waals surface area contributed by atoms with Crippen LogP contribution in [0, 0.1) is 0 Å². The third-order valence-corrected chi connectivity index (χ3v) is 4.38. The predicted molar refractivity (Wildman–Crippen MR) is 116 cm³/mol. The van der Waals surface area contributed by atoms with E-state index in [2.05, 4.69) is 0 Å². The zero-order valence-electron chi connectivity index (χ0n) is 16.8. The minimum atomic E-state index is -1.82. The van der Waals surface area contributed by atoms with Gasteiger partial charge in [0.2, 0.25) is 0 Å². The summed E-state index contributed by atoms with van der Waals surface area (Å²) in [5.74, 6) is -3.04. The standard InChI is InChI=1S/C24H21BO6/c26-22(29-16-19-10-4-1-5-11-19)25(23(27)30-17-20-12-6-2-7-13-20)24(28)31-18-21-14-8-3-9-15-21/h1-15H,16-18H2. The van der Waals surface area contributed by atoms with Crippen LogP contribution in [0.5, 0.6) is 0 Å². The molecule has 156 valence electrons. The largest absolute Gasteiger partial charge is 0.531 e. The normalized spacial score (nSPS) is 10.1. The number of hydrogen-bond donors (Lipinski definition) is 0. The molecule has 7 heteroatoms. The maximum Gasteiger partial charge on any atom is 0.531 e. The van der Waals surface area contributed by atoms with Crippen molar-refractivity contribution in [1.82, 2.24) is 0 Å². The third-order valence-electron chi connectivity index (χ3n) is 4.38. The average molecular weight is 416 g/mol. The van der Waals surface area contributed by atoms with Crippen molar-refractivity contribution in [3.05, 3.63) is 108 Å². The molecule has 0 atom stereocenters. The van der Waals surface area contributed by atoms with Gasteiger partial charge < -0.3 is 14.2 Å². The first kappa shape index (κ1) is 21.8. The quantitative estimate of drug-likeness (QED) is 0.351. The van der Waals surface area contributed by atoms with Crippen LogP contribution < -0.4 is 0 Å². The van der Waals surface area contributed by atoms with Crippen LogP contribution in [0.25, 0.3) is 0 Å². The Morgan fingerprint density at radius 2 is 0.742 bits per heavy atom. The topological polar surface area (TPSA) is 78.9 Å². The first-order valence-corrected chi connectivity index (χ1v) is 9.75. The van der Waals surface area contributed by atoms with E-state index in [1.54, 1.807) is 72.8 Å². The predicted octanol–water partition coefficient (Wildman–Crippen LogP) is 5.24. The summed E-state index contributed by atoms with van der Waals surface area (Å²) in [4.78, 5) is 37.8. The van der Waals surface area contributed by atoms with Gasteiger partial charge in [0.15, 0.2) is 0 Å². The van der Waals surface area contributed by atoms with Crippen LogP contribution >= 0.6 is 0 Å². The molecule has 0 aliphatic carbocycles. The molecule has 3 aromatic rings.